The van der Waals surface area contributed by atoms with Crippen LogP contribution >= 0.6 is 0 Å². The lowest BCUT2D eigenvalue weighted by atomic mass is 9.95. The fourth-order valence-corrected chi connectivity index (χ4v) is 3.99. The van der Waals surface area contributed by atoms with Gasteiger partial charge in [-0.15, -0.1) is 0 Å². The minimum atomic E-state index is -0.442. The summed E-state index contributed by atoms with van der Waals surface area (Å²) in [5.74, 6) is 0.0343. The molecule has 7 heteroatoms. The van der Waals surface area contributed by atoms with E-state index in [2.05, 4.69) is 5.10 Å². The molecule has 27 heavy (non-hydrogen) atoms. The Hall–Kier alpha value is -2.83. The van der Waals surface area contributed by atoms with Crippen LogP contribution in [0.5, 0.6) is 0 Å². The van der Waals surface area contributed by atoms with Gasteiger partial charge in [-0.3, -0.25) is 9.48 Å². The Morgan fingerprint density at radius 1 is 1.26 bits per heavy atom. The summed E-state index contributed by atoms with van der Waals surface area (Å²) in [5, 5.41) is 4.22. The van der Waals surface area contributed by atoms with Crippen molar-refractivity contribution in [2.75, 3.05) is 26.7 Å². The summed E-state index contributed by atoms with van der Waals surface area (Å²) in [6.45, 7) is 2.53. The van der Waals surface area contributed by atoms with E-state index in [1.54, 1.807) is 18.1 Å². The van der Waals surface area contributed by atoms with Crippen molar-refractivity contribution in [1.29, 1.82) is 0 Å². The second-order valence-electron chi connectivity index (χ2n) is 7.46. The van der Waals surface area contributed by atoms with Crippen LogP contribution in [-0.4, -0.2) is 63.9 Å². The normalized spacial score (nSPS) is 22.8. The molecule has 0 saturated carbocycles. The lowest BCUT2D eigenvalue weighted by Gasteiger charge is -2.25. The molecule has 2 fully saturated rings. The van der Waals surface area contributed by atoms with Gasteiger partial charge in [-0.25, -0.2) is 4.79 Å². The van der Waals surface area contributed by atoms with Crippen LogP contribution in [-0.2, 0) is 11.3 Å². The molecule has 2 saturated heterocycles. The molecule has 142 valence electrons. The van der Waals surface area contributed by atoms with E-state index in [0.29, 0.717) is 38.2 Å². The number of aromatic nitrogens is 2. The van der Waals surface area contributed by atoms with Crippen LogP contribution in [0.3, 0.4) is 0 Å². The number of carbonyl (C=O) groups is 2. The van der Waals surface area contributed by atoms with E-state index in [1.807, 2.05) is 46.1 Å². The first-order valence-corrected chi connectivity index (χ1v) is 9.34. The van der Waals surface area contributed by atoms with Gasteiger partial charge < -0.3 is 14.5 Å². The van der Waals surface area contributed by atoms with Crippen molar-refractivity contribution in [1.82, 2.24) is 19.6 Å². The number of carbonyl (C=O) groups excluding carboxylic acids is 2. The largest absolute Gasteiger partial charge is 0.441 e. The maximum Gasteiger partial charge on any atom is 0.410 e. The van der Waals surface area contributed by atoms with Gasteiger partial charge in [0.25, 0.3) is 5.91 Å². The summed E-state index contributed by atoms with van der Waals surface area (Å²) >= 11 is 0. The maximum atomic E-state index is 13.0. The highest BCUT2D eigenvalue weighted by atomic mass is 16.6. The van der Waals surface area contributed by atoms with Crippen molar-refractivity contribution in [3.8, 4) is 0 Å². The lowest BCUT2D eigenvalue weighted by molar-refractivity contribution is 0.0438. The van der Waals surface area contributed by atoms with Gasteiger partial charge in [-0.1, -0.05) is 12.1 Å². The van der Waals surface area contributed by atoms with Crippen LogP contribution in [0.25, 0.3) is 0 Å². The van der Waals surface area contributed by atoms with E-state index >= 15 is 0 Å². The van der Waals surface area contributed by atoms with Crippen LogP contribution in [0, 0.1) is 0 Å². The van der Waals surface area contributed by atoms with Crippen LogP contribution in [0.15, 0.2) is 42.7 Å². The Kier molecular flexibility index (Phi) is 4.59. The first kappa shape index (κ1) is 17.6. The van der Waals surface area contributed by atoms with Gasteiger partial charge in [0.05, 0.1) is 13.1 Å². The fraction of sp³-hybridized carbons (Fsp3) is 0.450. The average Bonchev–Trinajstić information content (AvgIpc) is 3.20. The summed E-state index contributed by atoms with van der Waals surface area (Å²) in [6.07, 6.45) is 5.70. The highest BCUT2D eigenvalue weighted by molar-refractivity contribution is 5.94. The van der Waals surface area contributed by atoms with Crippen LogP contribution < -0.4 is 0 Å². The molecule has 0 bridgehead atoms. The first-order chi connectivity index (χ1) is 13.0. The Morgan fingerprint density at radius 3 is 2.89 bits per heavy atom. The van der Waals surface area contributed by atoms with Gasteiger partial charge >= 0.3 is 6.09 Å². The molecule has 1 spiro atoms. The van der Waals surface area contributed by atoms with Crippen molar-refractivity contribution in [2.45, 2.75) is 31.4 Å². The third kappa shape index (κ3) is 3.67. The fourth-order valence-electron chi connectivity index (χ4n) is 3.99. The number of rotatable bonds is 3. The average molecular weight is 368 g/mol. The van der Waals surface area contributed by atoms with E-state index in [4.69, 9.17) is 4.74 Å². The van der Waals surface area contributed by atoms with Crippen LogP contribution in [0.4, 0.5) is 4.79 Å². The molecule has 7 nitrogen and oxygen atoms in total. The molecule has 1 aromatic heterocycles. The third-order valence-electron chi connectivity index (χ3n) is 5.40. The summed E-state index contributed by atoms with van der Waals surface area (Å²) in [6, 6.07) is 9.60. The molecular formula is C20H24N4O3. The van der Waals surface area contributed by atoms with Gasteiger partial charge in [-0.2, -0.15) is 5.10 Å². The molecule has 0 N–H and O–H groups in total. The quantitative estimate of drug-likeness (QED) is 0.834. The number of amides is 2. The molecule has 2 aromatic rings. The number of nitrogens with zero attached hydrogens (tertiary/aromatic N) is 4. The number of hydrogen-bond donors (Lipinski definition) is 0. The zero-order valence-corrected chi connectivity index (χ0v) is 15.5. The van der Waals surface area contributed by atoms with Crippen molar-refractivity contribution in [3.63, 3.8) is 0 Å². The maximum absolute atomic E-state index is 13.0. The summed E-state index contributed by atoms with van der Waals surface area (Å²) < 4.78 is 7.47. The smallest absolute Gasteiger partial charge is 0.410 e. The summed E-state index contributed by atoms with van der Waals surface area (Å²) in [5.41, 5.74) is 1.29. The van der Waals surface area contributed by atoms with Gasteiger partial charge in [0.2, 0.25) is 0 Å². The monoisotopic (exact) mass is 368 g/mol. The lowest BCUT2D eigenvalue weighted by Crippen LogP contribution is -2.36. The van der Waals surface area contributed by atoms with E-state index in [0.717, 1.165) is 18.4 Å². The molecule has 4 rings (SSSR count). The van der Waals surface area contributed by atoms with Gasteiger partial charge in [-0.05, 0) is 36.6 Å². The predicted molar refractivity (Wildman–Crippen MR) is 99.4 cm³/mol. The number of likely N-dealkylation sites (N-methyl/N-ethyl adjacent to an activating group) is 1. The molecule has 3 heterocycles. The standard InChI is InChI=1S/C20H24N4O3/c1-22-15-20(27-19(22)26)7-3-10-23(12-8-20)18(25)17-6-2-5-16(13-17)14-24-11-4-9-21-24/h2,4-6,9,11,13H,3,7-8,10,12,14-15H2,1H3/t20-/m1/s1. The molecule has 0 radical (unpaired) electrons. The van der Waals surface area contributed by atoms with Crippen LogP contribution in [0.1, 0.15) is 35.2 Å². The van der Waals surface area contributed by atoms with Gasteiger partial charge in [0.1, 0.15) is 5.60 Å². The topological polar surface area (TPSA) is 67.7 Å². The van der Waals surface area contributed by atoms with Gasteiger partial charge in [0, 0.05) is 44.5 Å². The first-order valence-electron chi connectivity index (χ1n) is 9.34. The minimum Gasteiger partial charge on any atom is -0.441 e. The summed E-state index contributed by atoms with van der Waals surface area (Å²) in [7, 11) is 1.76. The molecule has 0 unspecified atom stereocenters. The number of benzene rings is 1. The van der Waals surface area contributed by atoms with Crippen molar-refractivity contribution in [2.24, 2.45) is 0 Å². The molecule has 2 aliphatic heterocycles. The molecule has 1 aromatic carbocycles. The molecule has 2 amide bonds. The number of ether oxygens (including phenoxy) is 1. The third-order valence-corrected chi connectivity index (χ3v) is 5.40. The second-order valence-corrected chi connectivity index (χ2v) is 7.46. The second kappa shape index (κ2) is 7.06. The van der Waals surface area contributed by atoms with Crippen molar-refractivity contribution in [3.05, 3.63) is 53.9 Å². The Morgan fingerprint density at radius 2 is 2.15 bits per heavy atom. The molecule has 1 atom stereocenters. The van der Waals surface area contributed by atoms with Crippen molar-refractivity contribution >= 4 is 12.0 Å². The highest BCUT2D eigenvalue weighted by Gasteiger charge is 2.44. The van der Waals surface area contributed by atoms with E-state index in [1.165, 1.54) is 0 Å². The summed E-state index contributed by atoms with van der Waals surface area (Å²) in [4.78, 5) is 28.3. The Labute approximate surface area is 158 Å². The van der Waals surface area contributed by atoms with Crippen molar-refractivity contribution < 1.29 is 14.3 Å². The number of hydrogen-bond acceptors (Lipinski definition) is 4. The Balaban J connectivity index is 1.44. The Bertz CT molecular complexity index is 836. The predicted octanol–water partition coefficient (Wildman–Crippen LogP) is 2.38. The minimum absolute atomic E-state index is 0.0343. The zero-order valence-electron chi connectivity index (χ0n) is 15.5. The number of likely N-dealkylation sites (tertiary alicyclic amines) is 1. The highest BCUT2D eigenvalue weighted by Crippen LogP contribution is 2.32. The molecular weight excluding hydrogens is 344 g/mol. The molecule has 0 aliphatic carbocycles. The van der Waals surface area contributed by atoms with Crippen LogP contribution in [0.2, 0.25) is 0 Å². The van der Waals surface area contributed by atoms with E-state index in [9.17, 15) is 9.59 Å². The van der Waals surface area contributed by atoms with E-state index < -0.39 is 5.60 Å². The van der Waals surface area contributed by atoms with E-state index in [-0.39, 0.29) is 12.0 Å². The zero-order chi connectivity index (χ0) is 18.9. The molecule has 2 aliphatic rings. The SMILES string of the molecule is CN1C[C@]2(CCCN(C(=O)c3cccc(Cn4cccn4)c3)CC2)OC1=O. The van der Waals surface area contributed by atoms with Gasteiger partial charge in [0.15, 0.2) is 0 Å².